The van der Waals surface area contributed by atoms with Crippen molar-refractivity contribution in [2.24, 2.45) is 0 Å². The van der Waals surface area contributed by atoms with Crippen LogP contribution in [0.15, 0.2) is 227 Å². The first-order valence-electron chi connectivity index (χ1n) is 24.3. The highest BCUT2D eigenvalue weighted by molar-refractivity contribution is 6.27. The van der Waals surface area contributed by atoms with Gasteiger partial charge < -0.3 is 13.7 Å². The molecule has 0 amide bonds. The van der Waals surface area contributed by atoms with Crippen LogP contribution in [0.4, 0.5) is 17.1 Å². The van der Waals surface area contributed by atoms with Crippen LogP contribution in [0, 0.1) is 27.7 Å². The fraction of sp³-hybridized carbons (Fsp3) is 0.0746. The summed E-state index contributed by atoms with van der Waals surface area (Å²) in [5.41, 5.74) is 20.5. The highest BCUT2D eigenvalue weighted by atomic mass is 16.3. The number of hydrogen-bond donors (Lipinski definition) is 0. The zero-order valence-electron chi connectivity index (χ0n) is 39.6. The number of nitrogens with zero attached hydrogens (tertiary/aromatic N) is 1. The minimum atomic E-state index is 0.0453. The first-order chi connectivity index (χ1) is 34.3. The molecule has 11 aromatic carbocycles. The second-order valence-corrected chi connectivity index (χ2v) is 19.1. The number of furan rings is 2. The molecule has 0 radical (unpaired) electrons. The van der Waals surface area contributed by atoms with Crippen LogP contribution in [-0.2, 0) is 0 Å². The van der Waals surface area contributed by atoms with Crippen molar-refractivity contribution in [3.05, 3.63) is 257 Å². The summed E-state index contributed by atoms with van der Waals surface area (Å²) in [4.78, 5) is 2.40. The average Bonchev–Trinajstić information content (AvgIpc) is 3.94. The third kappa shape index (κ3) is 6.96. The van der Waals surface area contributed by atoms with E-state index < -0.39 is 0 Å². The normalized spacial score (nSPS) is 12.2. The third-order valence-electron chi connectivity index (χ3n) is 14.6. The highest BCUT2D eigenvalue weighted by Gasteiger charge is 2.24. The first-order valence-corrected chi connectivity index (χ1v) is 24.3. The van der Waals surface area contributed by atoms with Gasteiger partial charge in [-0.05, 0) is 171 Å². The second-order valence-electron chi connectivity index (χ2n) is 19.1. The van der Waals surface area contributed by atoms with Gasteiger partial charge in [-0.3, -0.25) is 0 Å². The van der Waals surface area contributed by atoms with E-state index in [2.05, 4.69) is 251 Å². The molecule has 0 spiro atoms. The van der Waals surface area contributed by atoms with Crippen LogP contribution in [0.25, 0.3) is 87.7 Å². The summed E-state index contributed by atoms with van der Waals surface area (Å²) in [5.74, 6) is 0.0453. The monoisotopic (exact) mass is 899 g/mol. The highest BCUT2D eigenvalue weighted by Crippen LogP contribution is 2.46. The lowest BCUT2D eigenvalue weighted by Gasteiger charge is -2.29. The number of para-hydroxylation sites is 1. The van der Waals surface area contributed by atoms with E-state index in [0.29, 0.717) is 0 Å². The van der Waals surface area contributed by atoms with E-state index in [4.69, 9.17) is 8.83 Å². The van der Waals surface area contributed by atoms with E-state index in [-0.39, 0.29) is 5.92 Å². The molecule has 0 N–H and O–H groups in total. The van der Waals surface area contributed by atoms with Crippen molar-refractivity contribution in [3.63, 3.8) is 0 Å². The molecule has 0 aliphatic rings. The van der Waals surface area contributed by atoms with Crippen LogP contribution in [0.5, 0.6) is 0 Å². The SMILES string of the molecule is Cc1cccc(C)c1C(c1cccc(-c2ccccc2)c1)c1ccc2cc3c(cc2c1)oc1ccc2oc4cc5cc(N(c6cccc(-c7ccccc7)c6)c6c(C)cccc6C)ccc5cc4c2c13. The van der Waals surface area contributed by atoms with E-state index in [1.54, 1.807) is 0 Å². The predicted molar refractivity (Wildman–Crippen MR) is 294 cm³/mol. The van der Waals surface area contributed by atoms with Crippen molar-refractivity contribution in [2.45, 2.75) is 33.6 Å². The Hall–Kier alpha value is -8.66. The number of rotatable bonds is 8. The number of anilines is 3. The summed E-state index contributed by atoms with van der Waals surface area (Å²) in [6.07, 6.45) is 0. The number of hydrogen-bond acceptors (Lipinski definition) is 3. The van der Waals surface area contributed by atoms with Crippen LogP contribution < -0.4 is 4.90 Å². The van der Waals surface area contributed by atoms with Gasteiger partial charge in [-0.15, -0.1) is 0 Å². The predicted octanol–water partition coefficient (Wildman–Crippen LogP) is 19.0. The molecule has 0 bridgehead atoms. The summed E-state index contributed by atoms with van der Waals surface area (Å²) in [6, 6.07) is 79.4. The van der Waals surface area contributed by atoms with E-state index in [0.717, 1.165) is 71.4 Å². The summed E-state index contributed by atoms with van der Waals surface area (Å²) in [6.45, 7) is 8.88. The maximum absolute atomic E-state index is 6.78. The number of benzene rings is 11. The van der Waals surface area contributed by atoms with Crippen molar-refractivity contribution in [1.82, 2.24) is 0 Å². The van der Waals surface area contributed by atoms with Gasteiger partial charge >= 0.3 is 0 Å². The Morgan fingerprint density at radius 3 is 1.43 bits per heavy atom. The molecule has 1 atom stereocenters. The molecule has 0 aliphatic heterocycles. The van der Waals surface area contributed by atoms with Gasteiger partial charge in [0.2, 0.25) is 0 Å². The average molecular weight is 900 g/mol. The van der Waals surface area contributed by atoms with Crippen molar-refractivity contribution in [3.8, 4) is 22.3 Å². The topological polar surface area (TPSA) is 29.5 Å². The van der Waals surface area contributed by atoms with Gasteiger partial charge in [-0.2, -0.15) is 0 Å². The quantitative estimate of drug-likeness (QED) is 0.142. The molecule has 2 aromatic heterocycles. The number of aryl methyl sites for hydroxylation is 4. The Balaban J connectivity index is 0.931. The van der Waals surface area contributed by atoms with Crippen molar-refractivity contribution in [2.75, 3.05) is 4.90 Å². The lowest BCUT2D eigenvalue weighted by atomic mass is 9.79. The van der Waals surface area contributed by atoms with Gasteiger partial charge in [0, 0.05) is 38.8 Å². The Kier molecular flexibility index (Phi) is 9.81. The lowest BCUT2D eigenvalue weighted by Crippen LogP contribution is -2.13. The van der Waals surface area contributed by atoms with Crippen LogP contribution >= 0.6 is 0 Å². The molecule has 334 valence electrons. The Labute approximate surface area is 407 Å². The van der Waals surface area contributed by atoms with E-state index >= 15 is 0 Å². The zero-order chi connectivity index (χ0) is 47.0. The van der Waals surface area contributed by atoms with Gasteiger partial charge in [0.25, 0.3) is 0 Å². The molecule has 2 heterocycles. The van der Waals surface area contributed by atoms with Crippen molar-refractivity contribution >= 4 is 82.5 Å². The van der Waals surface area contributed by atoms with E-state index in [1.165, 1.54) is 72.3 Å². The Morgan fingerprint density at radius 2 is 0.814 bits per heavy atom. The second kappa shape index (κ2) is 16.5. The lowest BCUT2D eigenvalue weighted by molar-refractivity contribution is 0.663. The number of fused-ring (bicyclic) bond motifs is 9. The largest absolute Gasteiger partial charge is 0.456 e. The van der Waals surface area contributed by atoms with Crippen LogP contribution in [-0.4, -0.2) is 0 Å². The van der Waals surface area contributed by atoms with Gasteiger partial charge in [0.05, 0.1) is 5.69 Å². The van der Waals surface area contributed by atoms with Crippen LogP contribution in [0.1, 0.15) is 44.9 Å². The van der Waals surface area contributed by atoms with E-state index in [9.17, 15) is 0 Å². The van der Waals surface area contributed by atoms with Crippen LogP contribution in [0.2, 0.25) is 0 Å². The molecule has 0 saturated carbocycles. The standard InChI is InChI=1S/C67H49NO2/c1-41-15-11-16-42(2)63(41)64(51-25-13-23-47(33-51)45-19-7-5-8-20-45)52-28-27-49-37-57-61(39-53(49)34-52)69-59-31-32-60-66(65(57)59)58-38-50-29-30-56(36-54(50)40-62(58)70-60)68(67-43(3)17-12-18-44(67)4)55-26-14-24-48(35-55)46-21-9-6-10-22-46/h5-40,64H,1-4H3. The zero-order valence-corrected chi connectivity index (χ0v) is 39.6. The summed E-state index contributed by atoms with van der Waals surface area (Å²) in [7, 11) is 0. The molecule has 70 heavy (non-hydrogen) atoms. The van der Waals surface area contributed by atoms with Crippen LogP contribution in [0.3, 0.4) is 0 Å². The third-order valence-corrected chi connectivity index (χ3v) is 14.6. The molecular weight excluding hydrogens is 851 g/mol. The first kappa shape index (κ1) is 41.5. The molecule has 0 saturated heterocycles. The van der Waals surface area contributed by atoms with Crippen molar-refractivity contribution < 1.29 is 8.83 Å². The minimum absolute atomic E-state index is 0.0453. The van der Waals surface area contributed by atoms with Gasteiger partial charge in [-0.25, -0.2) is 0 Å². The summed E-state index contributed by atoms with van der Waals surface area (Å²) in [5, 5.41) is 8.90. The summed E-state index contributed by atoms with van der Waals surface area (Å²) < 4.78 is 13.6. The molecule has 3 nitrogen and oxygen atoms in total. The van der Waals surface area contributed by atoms with E-state index in [1.807, 2.05) is 0 Å². The fourth-order valence-electron chi connectivity index (χ4n) is 11.3. The van der Waals surface area contributed by atoms with Crippen molar-refractivity contribution in [1.29, 1.82) is 0 Å². The van der Waals surface area contributed by atoms with Gasteiger partial charge in [-0.1, -0.05) is 158 Å². The molecule has 1 unspecified atom stereocenters. The Bertz CT molecular complexity index is 3870. The maximum Gasteiger partial charge on any atom is 0.136 e. The summed E-state index contributed by atoms with van der Waals surface area (Å²) >= 11 is 0. The minimum Gasteiger partial charge on any atom is -0.456 e. The Morgan fingerprint density at radius 1 is 0.329 bits per heavy atom. The van der Waals surface area contributed by atoms with Gasteiger partial charge in [0.15, 0.2) is 0 Å². The molecule has 0 aliphatic carbocycles. The molecule has 0 fully saturated rings. The maximum atomic E-state index is 6.78. The molecule has 13 aromatic rings. The smallest absolute Gasteiger partial charge is 0.136 e. The van der Waals surface area contributed by atoms with Gasteiger partial charge in [0.1, 0.15) is 22.3 Å². The molecular formula is C67H49NO2. The molecule has 3 heteroatoms. The fourth-order valence-corrected chi connectivity index (χ4v) is 11.3. The molecule has 13 rings (SSSR count).